The van der Waals surface area contributed by atoms with Crippen LogP contribution in [0.3, 0.4) is 0 Å². The van der Waals surface area contributed by atoms with Crippen molar-refractivity contribution >= 4 is 35.0 Å². The Morgan fingerprint density at radius 1 is 1.46 bits per heavy atom. The first kappa shape index (κ1) is 20.0. The second-order valence-corrected chi connectivity index (χ2v) is 7.61. The summed E-state index contributed by atoms with van der Waals surface area (Å²) in [5.74, 6) is -0.0947. The number of aliphatic carboxylic acids is 1. The van der Waals surface area contributed by atoms with Gasteiger partial charge in [-0.25, -0.2) is 0 Å². The van der Waals surface area contributed by atoms with Gasteiger partial charge < -0.3 is 15.2 Å². The lowest BCUT2D eigenvalue weighted by atomic mass is 10.1. The van der Waals surface area contributed by atoms with Gasteiger partial charge in [-0.2, -0.15) is 5.10 Å². The van der Waals surface area contributed by atoms with Crippen LogP contribution in [-0.4, -0.2) is 40.2 Å². The van der Waals surface area contributed by atoms with Crippen LogP contribution in [0.15, 0.2) is 28.4 Å². The van der Waals surface area contributed by atoms with E-state index in [4.69, 9.17) is 9.84 Å². The number of aryl methyl sites for hydroxylation is 1. The van der Waals surface area contributed by atoms with Gasteiger partial charge >= 0.3 is 5.97 Å². The van der Waals surface area contributed by atoms with Crippen LogP contribution in [0.4, 0.5) is 0 Å². The minimum atomic E-state index is -1.02. The predicted octanol–water partition coefficient (Wildman–Crippen LogP) is 2.82. The van der Waals surface area contributed by atoms with Crippen LogP contribution in [0.5, 0.6) is 5.75 Å². The van der Waals surface area contributed by atoms with Gasteiger partial charge in [0.1, 0.15) is 11.0 Å². The molecule has 0 aromatic heterocycles. The second-order valence-electron chi connectivity index (χ2n) is 6.42. The van der Waals surface area contributed by atoms with Gasteiger partial charge in [0.25, 0.3) is 0 Å². The average Bonchev–Trinajstić information content (AvgIpc) is 2.88. The van der Waals surface area contributed by atoms with Crippen molar-refractivity contribution in [1.82, 2.24) is 5.32 Å². The van der Waals surface area contributed by atoms with Crippen molar-refractivity contribution in [3.8, 4) is 5.75 Å². The Morgan fingerprint density at radius 3 is 2.92 bits per heavy atom. The van der Waals surface area contributed by atoms with Gasteiger partial charge in [0.2, 0.25) is 5.91 Å². The number of rotatable bonds is 8. The number of nitrogens with one attached hydrogen (secondary N) is 1. The quantitative estimate of drug-likeness (QED) is 0.536. The summed E-state index contributed by atoms with van der Waals surface area (Å²) in [5, 5.41) is 18.9. The number of carboxylic acids is 1. The smallest absolute Gasteiger partial charge is 0.305 e. The van der Waals surface area contributed by atoms with Crippen molar-refractivity contribution in [2.75, 3.05) is 6.61 Å². The zero-order valence-electron chi connectivity index (χ0n) is 15.1. The molecule has 0 radical (unpaired) electrons. The maximum absolute atomic E-state index is 11.7. The number of thioether (sulfide) groups is 1. The zero-order valence-corrected chi connectivity index (χ0v) is 15.9. The van der Waals surface area contributed by atoms with E-state index in [-0.39, 0.29) is 12.3 Å². The summed E-state index contributed by atoms with van der Waals surface area (Å²) in [5.41, 5.74) is 1.87. The molecule has 1 aliphatic heterocycles. The minimum Gasteiger partial charge on any atom is -0.493 e. The molecule has 1 heterocycles. The molecule has 1 unspecified atom stereocenters. The number of ether oxygens (including phenoxy) is 1. The van der Waals surface area contributed by atoms with Crippen LogP contribution >= 0.6 is 11.8 Å². The summed E-state index contributed by atoms with van der Waals surface area (Å²) in [6.45, 7) is 6.88. The number of nitrogens with zero attached hydrogens (tertiary/aromatic N) is 2. The van der Waals surface area contributed by atoms with Gasteiger partial charge in [0.05, 0.1) is 19.2 Å². The monoisotopic (exact) mass is 377 g/mol. The zero-order chi connectivity index (χ0) is 19.1. The van der Waals surface area contributed by atoms with E-state index in [0.717, 1.165) is 35.1 Å². The van der Waals surface area contributed by atoms with Crippen LogP contribution in [0.1, 0.15) is 37.8 Å². The molecule has 7 nitrogen and oxygen atoms in total. The van der Waals surface area contributed by atoms with E-state index in [1.54, 1.807) is 6.21 Å². The normalized spacial score (nSPS) is 18.7. The Hall–Kier alpha value is -2.35. The molecule has 1 amide bonds. The average molecular weight is 377 g/mol. The van der Waals surface area contributed by atoms with Gasteiger partial charge in [0.15, 0.2) is 5.17 Å². The van der Waals surface area contributed by atoms with Crippen molar-refractivity contribution in [2.45, 2.75) is 38.9 Å². The van der Waals surface area contributed by atoms with E-state index in [2.05, 4.69) is 29.4 Å². The number of carbonyl (C=O) groups is 2. The summed E-state index contributed by atoms with van der Waals surface area (Å²) in [4.78, 5) is 22.4. The van der Waals surface area contributed by atoms with Crippen molar-refractivity contribution in [2.24, 2.45) is 16.1 Å². The third-order valence-corrected chi connectivity index (χ3v) is 4.67. The van der Waals surface area contributed by atoms with Gasteiger partial charge in [-0.15, -0.1) is 5.10 Å². The first-order chi connectivity index (χ1) is 12.3. The Bertz CT molecular complexity index is 731. The maximum atomic E-state index is 11.7. The largest absolute Gasteiger partial charge is 0.493 e. The molecule has 2 N–H and O–H groups in total. The molecule has 8 heteroatoms. The Labute approximate surface area is 156 Å². The van der Waals surface area contributed by atoms with E-state index >= 15 is 0 Å². The Morgan fingerprint density at radius 2 is 2.23 bits per heavy atom. The summed E-state index contributed by atoms with van der Waals surface area (Å²) in [6, 6.07) is 5.82. The fourth-order valence-electron chi connectivity index (χ4n) is 2.19. The highest BCUT2D eigenvalue weighted by molar-refractivity contribution is 8.15. The van der Waals surface area contributed by atoms with Crippen LogP contribution in [0, 0.1) is 12.8 Å². The molecule has 0 aliphatic carbocycles. The second kappa shape index (κ2) is 9.38. The van der Waals surface area contributed by atoms with Crippen molar-refractivity contribution in [1.29, 1.82) is 0 Å². The lowest BCUT2D eigenvalue weighted by molar-refractivity contribution is -0.138. The maximum Gasteiger partial charge on any atom is 0.305 e. The molecule has 1 atom stereocenters. The van der Waals surface area contributed by atoms with E-state index in [1.807, 2.05) is 25.1 Å². The van der Waals surface area contributed by atoms with Crippen molar-refractivity contribution < 1.29 is 19.4 Å². The molecular formula is C18H23N3O4S. The van der Waals surface area contributed by atoms with Gasteiger partial charge in [-0.05, 0) is 31.4 Å². The number of amidine groups is 1. The number of carbonyl (C=O) groups excluding carboxylic acids is 1. The summed E-state index contributed by atoms with van der Waals surface area (Å²) < 4.78 is 5.82. The third kappa shape index (κ3) is 6.18. The van der Waals surface area contributed by atoms with Gasteiger partial charge in [0, 0.05) is 5.56 Å². The van der Waals surface area contributed by atoms with Crippen LogP contribution < -0.4 is 10.1 Å². The topological polar surface area (TPSA) is 100 Å². The van der Waals surface area contributed by atoms with Crippen molar-refractivity contribution in [3.05, 3.63) is 29.3 Å². The molecule has 26 heavy (non-hydrogen) atoms. The predicted molar refractivity (Wildman–Crippen MR) is 103 cm³/mol. The van der Waals surface area contributed by atoms with Gasteiger partial charge in [-0.3, -0.25) is 9.59 Å². The molecule has 1 aromatic carbocycles. The van der Waals surface area contributed by atoms with Crippen LogP contribution in [-0.2, 0) is 9.59 Å². The number of hydrogen-bond acceptors (Lipinski definition) is 6. The minimum absolute atomic E-state index is 0.245. The van der Waals surface area contributed by atoms with E-state index < -0.39 is 11.2 Å². The van der Waals surface area contributed by atoms with Crippen LogP contribution in [0.2, 0.25) is 0 Å². The molecule has 1 saturated heterocycles. The van der Waals surface area contributed by atoms with E-state index in [0.29, 0.717) is 17.7 Å². The first-order valence-electron chi connectivity index (χ1n) is 8.39. The van der Waals surface area contributed by atoms with E-state index in [1.165, 1.54) is 0 Å². The number of benzene rings is 1. The molecule has 1 aliphatic rings. The fraction of sp³-hybridized carbons (Fsp3) is 0.444. The highest BCUT2D eigenvalue weighted by atomic mass is 32.2. The first-order valence-corrected chi connectivity index (χ1v) is 9.27. The van der Waals surface area contributed by atoms with Crippen LogP contribution in [0.25, 0.3) is 0 Å². The van der Waals surface area contributed by atoms with E-state index in [9.17, 15) is 9.59 Å². The number of amides is 1. The molecule has 1 aromatic rings. The highest BCUT2D eigenvalue weighted by Crippen LogP contribution is 2.23. The van der Waals surface area contributed by atoms with Gasteiger partial charge in [-0.1, -0.05) is 37.2 Å². The Balaban J connectivity index is 2.04. The summed E-state index contributed by atoms with van der Waals surface area (Å²) in [7, 11) is 0. The lowest BCUT2D eigenvalue weighted by Crippen LogP contribution is -2.26. The number of hydrogen-bond donors (Lipinski definition) is 2. The SMILES string of the molecule is Cc1ccc(OCCC(C)C)c(C=NN=C2NC(=O)C(CC(=O)O)S2)c1. The third-order valence-electron chi connectivity index (χ3n) is 3.60. The van der Waals surface area contributed by atoms with Crippen molar-refractivity contribution in [3.63, 3.8) is 0 Å². The molecule has 0 spiro atoms. The molecular weight excluding hydrogens is 354 g/mol. The Kier molecular flexibility index (Phi) is 7.20. The summed E-state index contributed by atoms with van der Waals surface area (Å²) >= 11 is 1.07. The molecule has 0 bridgehead atoms. The highest BCUT2D eigenvalue weighted by Gasteiger charge is 2.32. The molecule has 2 rings (SSSR count). The summed E-state index contributed by atoms with van der Waals surface area (Å²) in [6.07, 6.45) is 2.29. The molecule has 140 valence electrons. The standard InChI is InChI=1S/C18H23N3O4S/c1-11(2)6-7-25-14-5-4-12(3)8-13(14)10-19-21-18-20-17(24)15(26-18)9-16(22)23/h4-5,8,10-11,15H,6-7,9H2,1-3H3,(H,22,23)(H,20,21,24). The lowest BCUT2D eigenvalue weighted by Gasteiger charge is -2.10. The fourth-order valence-corrected chi connectivity index (χ4v) is 3.11. The molecule has 0 saturated carbocycles. The number of carboxylic acid groups (broad SMARTS) is 1. The molecule has 1 fully saturated rings.